The molecule has 1 heterocycles. The van der Waals surface area contributed by atoms with Crippen molar-refractivity contribution in [2.24, 2.45) is 11.8 Å². The Morgan fingerprint density at radius 3 is 2.68 bits per heavy atom. The van der Waals surface area contributed by atoms with Crippen LogP contribution in [0.2, 0.25) is 0 Å². The minimum Gasteiger partial charge on any atom is -0.298 e. The fourth-order valence-electron chi connectivity index (χ4n) is 2.46. The second kappa shape index (κ2) is 5.48. The molecule has 0 saturated heterocycles. The van der Waals surface area contributed by atoms with E-state index in [9.17, 15) is 10.1 Å². The Bertz CT molecular complexity index is 508. The van der Waals surface area contributed by atoms with Gasteiger partial charge < -0.3 is 0 Å². The Kier molecular flexibility index (Phi) is 3.94. The molecule has 1 saturated carbocycles. The number of nitrogens with zero attached hydrogens (tertiary/aromatic N) is 3. The summed E-state index contributed by atoms with van der Waals surface area (Å²) in [6.07, 6.45) is 2.92. The quantitative estimate of drug-likeness (QED) is 0.813. The first kappa shape index (κ1) is 13.7. The maximum absolute atomic E-state index is 12.3. The first-order valence-corrected chi connectivity index (χ1v) is 6.75. The predicted octanol–water partition coefficient (Wildman–Crippen LogP) is 2.71. The minimum absolute atomic E-state index is 0.0144. The molecular weight excluding hydrogens is 238 g/mol. The van der Waals surface area contributed by atoms with E-state index >= 15 is 0 Å². The molecule has 1 aliphatic carbocycles. The van der Waals surface area contributed by atoms with Gasteiger partial charge >= 0.3 is 0 Å². The number of hydrogen-bond donors (Lipinski definition) is 0. The van der Waals surface area contributed by atoms with E-state index in [4.69, 9.17) is 0 Å². The highest BCUT2D eigenvalue weighted by molar-refractivity contribution is 5.88. The molecule has 0 radical (unpaired) electrons. The van der Waals surface area contributed by atoms with Gasteiger partial charge in [0.15, 0.2) is 5.78 Å². The van der Waals surface area contributed by atoms with Gasteiger partial charge in [-0.3, -0.25) is 4.79 Å². The van der Waals surface area contributed by atoms with Gasteiger partial charge in [0.1, 0.15) is 11.7 Å². The van der Waals surface area contributed by atoms with Crippen LogP contribution in [0.15, 0.2) is 6.07 Å². The molecular formula is C15H19N3O. The standard InChI is InChI=1S/C15H19N3O/c1-9(12-4-5-12)6-15(19)13(8-16)14-7-10(2)17-11(3)18-14/h7,9,12-13H,4-6H2,1-3H3/t9-,13-/m1/s1. The normalized spacial score (nSPS) is 17.6. The summed E-state index contributed by atoms with van der Waals surface area (Å²) >= 11 is 0. The summed E-state index contributed by atoms with van der Waals surface area (Å²) in [4.78, 5) is 20.7. The van der Waals surface area contributed by atoms with Crippen LogP contribution >= 0.6 is 0 Å². The fourth-order valence-corrected chi connectivity index (χ4v) is 2.46. The van der Waals surface area contributed by atoms with Gasteiger partial charge in [-0.15, -0.1) is 0 Å². The van der Waals surface area contributed by atoms with Crippen molar-refractivity contribution in [2.75, 3.05) is 0 Å². The second-order valence-electron chi connectivity index (χ2n) is 5.53. The Labute approximate surface area is 113 Å². The van der Waals surface area contributed by atoms with E-state index < -0.39 is 5.92 Å². The third kappa shape index (κ3) is 3.37. The van der Waals surface area contributed by atoms with E-state index in [0.717, 1.165) is 5.69 Å². The van der Waals surface area contributed by atoms with Gasteiger partial charge in [0.05, 0.1) is 11.8 Å². The zero-order chi connectivity index (χ0) is 14.0. The molecule has 4 nitrogen and oxygen atoms in total. The lowest BCUT2D eigenvalue weighted by atomic mass is 9.91. The molecule has 2 atom stereocenters. The van der Waals surface area contributed by atoms with Gasteiger partial charge in [0, 0.05) is 12.1 Å². The van der Waals surface area contributed by atoms with Crippen LogP contribution in [-0.2, 0) is 4.79 Å². The molecule has 0 unspecified atom stereocenters. The SMILES string of the molecule is Cc1cc([C@@H](C#N)C(=O)C[C@@H](C)C2CC2)nc(C)n1. The van der Waals surface area contributed by atoms with Crippen molar-refractivity contribution in [1.82, 2.24) is 9.97 Å². The van der Waals surface area contributed by atoms with Crippen molar-refractivity contribution in [3.63, 3.8) is 0 Å². The third-order valence-electron chi connectivity index (χ3n) is 3.68. The lowest BCUT2D eigenvalue weighted by Crippen LogP contribution is -2.17. The van der Waals surface area contributed by atoms with Crippen molar-refractivity contribution in [3.8, 4) is 6.07 Å². The summed E-state index contributed by atoms with van der Waals surface area (Å²) < 4.78 is 0. The summed E-state index contributed by atoms with van der Waals surface area (Å²) in [5.74, 6) is 0.906. The van der Waals surface area contributed by atoms with Gasteiger partial charge in [0.25, 0.3) is 0 Å². The van der Waals surface area contributed by atoms with Crippen LogP contribution in [-0.4, -0.2) is 15.8 Å². The van der Waals surface area contributed by atoms with Gasteiger partial charge in [-0.05, 0) is 44.6 Å². The van der Waals surface area contributed by atoms with E-state index in [1.165, 1.54) is 12.8 Å². The van der Waals surface area contributed by atoms with Crippen LogP contribution in [0.25, 0.3) is 0 Å². The number of hydrogen-bond acceptors (Lipinski definition) is 4. The van der Waals surface area contributed by atoms with Crippen LogP contribution in [0, 0.1) is 37.0 Å². The highest BCUT2D eigenvalue weighted by atomic mass is 16.1. The summed E-state index contributed by atoms with van der Waals surface area (Å²) in [6, 6.07) is 3.83. The van der Waals surface area contributed by atoms with E-state index in [-0.39, 0.29) is 5.78 Å². The molecule has 100 valence electrons. The van der Waals surface area contributed by atoms with Gasteiger partial charge in [-0.25, -0.2) is 9.97 Å². The molecule has 19 heavy (non-hydrogen) atoms. The Morgan fingerprint density at radius 2 is 2.16 bits per heavy atom. The lowest BCUT2D eigenvalue weighted by molar-refractivity contribution is -0.120. The lowest BCUT2D eigenvalue weighted by Gasteiger charge is -2.13. The monoisotopic (exact) mass is 257 g/mol. The molecule has 0 spiro atoms. The van der Waals surface area contributed by atoms with Crippen LogP contribution in [0.4, 0.5) is 0 Å². The molecule has 0 aliphatic heterocycles. The molecule has 1 aromatic rings. The van der Waals surface area contributed by atoms with Gasteiger partial charge in [-0.1, -0.05) is 6.92 Å². The van der Waals surface area contributed by atoms with Crippen molar-refractivity contribution >= 4 is 5.78 Å². The summed E-state index contributed by atoms with van der Waals surface area (Å²) in [5.41, 5.74) is 1.34. The number of rotatable bonds is 5. The summed E-state index contributed by atoms with van der Waals surface area (Å²) in [5, 5.41) is 9.27. The van der Waals surface area contributed by atoms with Gasteiger partial charge in [0.2, 0.25) is 0 Å². The number of nitriles is 1. The van der Waals surface area contributed by atoms with E-state index in [1.54, 1.807) is 13.0 Å². The Balaban J connectivity index is 2.14. The number of ketones is 1. The largest absolute Gasteiger partial charge is 0.298 e. The van der Waals surface area contributed by atoms with Crippen molar-refractivity contribution in [1.29, 1.82) is 5.26 Å². The fraction of sp³-hybridized carbons (Fsp3) is 0.600. The second-order valence-corrected chi connectivity index (χ2v) is 5.53. The van der Waals surface area contributed by atoms with Crippen molar-refractivity contribution < 1.29 is 4.79 Å². The smallest absolute Gasteiger partial charge is 0.156 e. The Morgan fingerprint density at radius 1 is 1.47 bits per heavy atom. The zero-order valence-electron chi connectivity index (χ0n) is 11.7. The first-order valence-electron chi connectivity index (χ1n) is 6.75. The van der Waals surface area contributed by atoms with Crippen LogP contribution in [0.1, 0.15) is 49.3 Å². The minimum atomic E-state index is -0.749. The van der Waals surface area contributed by atoms with Crippen molar-refractivity contribution in [2.45, 2.75) is 46.0 Å². The molecule has 0 bridgehead atoms. The summed E-state index contributed by atoms with van der Waals surface area (Å²) in [7, 11) is 0. The topological polar surface area (TPSA) is 66.6 Å². The number of Topliss-reactive ketones (excluding diaryl/α,β-unsaturated/α-hetero) is 1. The van der Waals surface area contributed by atoms with Crippen LogP contribution in [0.3, 0.4) is 0 Å². The average Bonchev–Trinajstić information content (AvgIpc) is 3.11. The molecule has 2 rings (SSSR count). The molecule has 0 N–H and O–H groups in total. The molecule has 1 aliphatic rings. The molecule has 1 aromatic heterocycles. The predicted molar refractivity (Wildman–Crippen MR) is 71.4 cm³/mol. The van der Waals surface area contributed by atoms with E-state index in [1.807, 2.05) is 6.92 Å². The first-order chi connectivity index (χ1) is 9.01. The maximum atomic E-state index is 12.3. The molecule has 0 aromatic carbocycles. The summed E-state index contributed by atoms with van der Waals surface area (Å²) in [6.45, 7) is 5.73. The van der Waals surface area contributed by atoms with E-state index in [2.05, 4.69) is 23.0 Å². The average molecular weight is 257 g/mol. The van der Waals surface area contributed by atoms with E-state index in [0.29, 0.717) is 29.8 Å². The molecule has 4 heteroatoms. The number of aryl methyl sites for hydroxylation is 2. The molecule has 1 fully saturated rings. The maximum Gasteiger partial charge on any atom is 0.156 e. The van der Waals surface area contributed by atoms with Crippen molar-refractivity contribution in [3.05, 3.63) is 23.3 Å². The van der Waals surface area contributed by atoms with Crippen LogP contribution < -0.4 is 0 Å². The highest BCUT2D eigenvalue weighted by Crippen LogP contribution is 2.39. The highest BCUT2D eigenvalue weighted by Gasteiger charge is 2.32. The third-order valence-corrected chi connectivity index (χ3v) is 3.68. The Hall–Kier alpha value is -1.76. The number of carbonyl (C=O) groups is 1. The number of aromatic nitrogens is 2. The zero-order valence-corrected chi connectivity index (χ0v) is 11.7. The number of carbonyl (C=O) groups excluding carboxylic acids is 1. The van der Waals surface area contributed by atoms with Gasteiger partial charge in [-0.2, -0.15) is 5.26 Å². The molecule has 0 amide bonds. The van der Waals surface area contributed by atoms with Crippen LogP contribution in [0.5, 0.6) is 0 Å².